The van der Waals surface area contributed by atoms with Crippen molar-refractivity contribution in [2.24, 2.45) is 5.92 Å². The predicted molar refractivity (Wildman–Crippen MR) is 161 cm³/mol. The Balaban J connectivity index is 1.35. The van der Waals surface area contributed by atoms with Gasteiger partial charge < -0.3 is 24.6 Å². The Hall–Kier alpha value is -3.13. The van der Waals surface area contributed by atoms with Crippen LogP contribution in [0.1, 0.15) is 87.4 Å². The Morgan fingerprint density at radius 1 is 0.976 bits per heavy atom. The van der Waals surface area contributed by atoms with Crippen LogP contribution in [0.25, 0.3) is 0 Å². The Morgan fingerprint density at radius 3 is 2.31 bits per heavy atom. The molecule has 7 nitrogen and oxygen atoms in total. The quantitative estimate of drug-likeness (QED) is 0.403. The molecule has 228 valence electrons. The molecule has 2 aromatic rings. The SMILES string of the molecule is COc1cc2c(cc1OC)C(CCN1CCC(NC(C)=O)(c3cccc(F)c3)CC1)N(C(=O)C1CCCCCC1)CC2. The van der Waals surface area contributed by atoms with E-state index in [0.29, 0.717) is 31.0 Å². The fourth-order valence-electron chi connectivity index (χ4n) is 7.44. The third-order valence-electron chi connectivity index (χ3n) is 9.71. The molecule has 1 saturated carbocycles. The average Bonchev–Trinajstić information content (AvgIpc) is 3.29. The lowest BCUT2D eigenvalue weighted by atomic mass is 9.80. The molecule has 1 saturated heterocycles. The fraction of sp³-hybridized carbons (Fsp3) is 0.588. The maximum atomic E-state index is 14.1. The third kappa shape index (κ3) is 6.59. The molecule has 2 amide bonds. The highest BCUT2D eigenvalue weighted by Gasteiger charge is 2.39. The van der Waals surface area contributed by atoms with Crippen molar-refractivity contribution in [3.63, 3.8) is 0 Å². The van der Waals surface area contributed by atoms with Crippen molar-refractivity contribution in [3.05, 3.63) is 58.9 Å². The molecule has 0 bridgehead atoms. The van der Waals surface area contributed by atoms with E-state index in [1.807, 2.05) is 6.07 Å². The lowest BCUT2D eigenvalue weighted by molar-refractivity contribution is -0.139. The summed E-state index contributed by atoms with van der Waals surface area (Å²) in [5.74, 6) is 1.43. The van der Waals surface area contributed by atoms with Crippen LogP contribution in [0, 0.1) is 11.7 Å². The second kappa shape index (κ2) is 13.4. The zero-order valence-corrected chi connectivity index (χ0v) is 25.4. The molecule has 5 rings (SSSR count). The van der Waals surface area contributed by atoms with Crippen molar-refractivity contribution >= 4 is 11.8 Å². The summed E-state index contributed by atoms with van der Waals surface area (Å²) in [5.41, 5.74) is 2.62. The highest BCUT2D eigenvalue weighted by molar-refractivity contribution is 5.80. The number of carbonyl (C=O) groups excluding carboxylic acids is 2. The van der Waals surface area contributed by atoms with Crippen LogP contribution in [-0.2, 0) is 21.5 Å². The van der Waals surface area contributed by atoms with Gasteiger partial charge in [-0.05, 0) is 79.5 Å². The van der Waals surface area contributed by atoms with Crippen LogP contribution in [0.15, 0.2) is 36.4 Å². The zero-order valence-electron chi connectivity index (χ0n) is 25.4. The molecule has 1 unspecified atom stereocenters. The highest BCUT2D eigenvalue weighted by atomic mass is 19.1. The first-order valence-electron chi connectivity index (χ1n) is 15.7. The topological polar surface area (TPSA) is 71.1 Å². The van der Waals surface area contributed by atoms with E-state index in [1.165, 1.54) is 31.4 Å². The van der Waals surface area contributed by atoms with Gasteiger partial charge in [-0.15, -0.1) is 0 Å². The van der Waals surface area contributed by atoms with E-state index in [0.717, 1.165) is 75.0 Å². The summed E-state index contributed by atoms with van der Waals surface area (Å²) in [6.45, 7) is 4.62. The van der Waals surface area contributed by atoms with Gasteiger partial charge in [0.25, 0.3) is 0 Å². The number of rotatable bonds is 8. The summed E-state index contributed by atoms with van der Waals surface area (Å²) in [6, 6.07) is 10.7. The summed E-state index contributed by atoms with van der Waals surface area (Å²) in [5, 5.41) is 3.15. The molecule has 0 aromatic heterocycles. The van der Waals surface area contributed by atoms with Gasteiger partial charge in [0.2, 0.25) is 11.8 Å². The number of nitrogens with one attached hydrogen (secondary N) is 1. The minimum atomic E-state index is -0.576. The second-order valence-corrected chi connectivity index (χ2v) is 12.3. The summed E-state index contributed by atoms with van der Waals surface area (Å²) >= 11 is 0. The van der Waals surface area contributed by atoms with Crippen LogP contribution in [0.2, 0.25) is 0 Å². The zero-order chi connectivity index (χ0) is 29.7. The number of amides is 2. The molecule has 3 aliphatic rings. The van der Waals surface area contributed by atoms with Crippen molar-refractivity contribution in [3.8, 4) is 11.5 Å². The van der Waals surface area contributed by atoms with Gasteiger partial charge in [0.05, 0.1) is 25.8 Å². The van der Waals surface area contributed by atoms with Gasteiger partial charge in [0.15, 0.2) is 11.5 Å². The molecular weight excluding hydrogens is 533 g/mol. The number of hydrogen-bond donors (Lipinski definition) is 1. The molecular formula is C34H46FN3O4. The van der Waals surface area contributed by atoms with E-state index in [1.54, 1.807) is 26.4 Å². The number of benzene rings is 2. The monoisotopic (exact) mass is 579 g/mol. The molecule has 1 N–H and O–H groups in total. The van der Waals surface area contributed by atoms with Crippen LogP contribution in [0.5, 0.6) is 11.5 Å². The number of likely N-dealkylation sites (tertiary alicyclic amines) is 1. The van der Waals surface area contributed by atoms with Crippen molar-refractivity contribution in [1.29, 1.82) is 0 Å². The molecule has 2 aromatic carbocycles. The molecule has 8 heteroatoms. The molecule has 2 aliphatic heterocycles. The van der Waals surface area contributed by atoms with Gasteiger partial charge in [0.1, 0.15) is 5.82 Å². The first kappa shape index (κ1) is 30.3. The molecule has 2 fully saturated rings. The second-order valence-electron chi connectivity index (χ2n) is 12.3. The third-order valence-corrected chi connectivity index (χ3v) is 9.71. The minimum absolute atomic E-state index is 0.0328. The first-order chi connectivity index (χ1) is 20.3. The van der Waals surface area contributed by atoms with Gasteiger partial charge in [-0.1, -0.05) is 37.8 Å². The lowest BCUT2D eigenvalue weighted by Gasteiger charge is -2.44. The van der Waals surface area contributed by atoms with E-state index >= 15 is 0 Å². The van der Waals surface area contributed by atoms with E-state index in [9.17, 15) is 14.0 Å². The van der Waals surface area contributed by atoms with Crippen molar-refractivity contribution < 1.29 is 23.5 Å². The Bertz CT molecular complexity index is 1250. The Morgan fingerprint density at radius 2 is 1.67 bits per heavy atom. The number of halogens is 1. The summed E-state index contributed by atoms with van der Waals surface area (Å²) in [7, 11) is 3.32. The number of fused-ring (bicyclic) bond motifs is 1. The smallest absolute Gasteiger partial charge is 0.226 e. The van der Waals surface area contributed by atoms with Crippen molar-refractivity contribution in [2.45, 2.75) is 82.7 Å². The maximum absolute atomic E-state index is 14.1. The maximum Gasteiger partial charge on any atom is 0.226 e. The van der Waals surface area contributed by atoms with Crippen LogP contribution in [-0.4, -0.2) is 62.0 Å². The standard InChI is InChI=1S/C34H46FN3O4/c1-24(39)36-34(27-11-8-12-28(35)22-27)15-19-37(20-16-34)17-14-30-29-23-32(42-3)31(41-2)21-26(29)13-18-38(30)33(40)25-9-6-4-5-7-10-25/h8,11-12,21-23,25,30H,4-7,9-10,13-20H2,1-3H3,(H,36,39). The highest BCUT2D eigenvalue weighted by Crippen LogP contribution is 2.41. The van der Waals surface area contributed by atoms with Gasteiger partial charge in [-0.3, -0.25) is 9.59 Å². The Labute approximate surface area is 249 Å². The van der Waals surface area contributed by atoms with Gasteiger partial charge >= 0.3 is 0 Å². The predicted octanol–water partition coefficient (Wildman–Crippen LogP) is 5.76. The number of ether oxygens (including phenoxy) is 2. The molecule has 1 atom stereocenters. The number of piperidine rings is 1. The Kier molecular flexibility index (Phi) is 9.71. The van der Waals surface area contributed by atoms with E-state index in [2.05, 4.69) is 27.2 Å². The van der Waals surface area contributed by atoms with Crippen LogP contribution >= 0.6 is 0 Å². The molecule has 1 aliphatic carbocycles. The van der Waals surface area contributed by atoms with Gasteiger partial charge in [0, 0.05) is 39.0 Å². The van der Waals surface area contributed by atoms with Crippen molar-refractivity contribution in [2.75, 3.05) is 40.4 Å². The van der Waals surface area contributed by atoms with Crippen LogP contribution < -0.4 is 14.8 Å². The summed E-state index contributed by atoms with van der Waals surface area (Å²) in [6.07, 6.45) is 9.69. The normalized spacial score (nSPS) is 21.2. The average molecular weight is 580 g/mol. The molecule has 0 radical (unpaired) electrons. The molecule has 42 heavy (non-hydrogen) atoms. The van der Waals surface area contributed by atoms with E-state index in [4.69, 9.17) is 9.47 Å². The summed E-state index contributed by atoms with van der Waals surface area (Å²) in [4.78, 5) is 30.8. The van der Waals surface area contributed by atoms with Crippen LogP contribution in [0.4, 0.5) is 4.39 Å². The summed E-state index contributed by atoms with van der Waals surface area (Å²) < 4.78 is 25.4. The molecule has 0 spiro atoms. The van der Waals surface area contributed by atoms with Crippen LogP contribution in [0.3, 0.4) is 0 Å². The van der Waals surface area contributed by atoms with E-state index < -0.39 is 5.54 Å². The largest absolute Gasteiger partial charge is 0.493 e. The van der Waals surface area contributed by atoms with Gasteiger partial charge in [-0.2, -0.15) is 0 Å². The molecule has 2 heterocycles. The first-order valence-corrected chi connectivity index (χ1v) is 15.7. The number of methoxy groups -OCH3 is 2. The lowest BCUT2D eigenvalue weighted by Crippen LogP contribution is -2.53. The fourth-order valence-corrected chi connectivity index (χ4v) is 7.44. The minimum Gasteiger partial charge on any atom is -0.493 e. The number of carbonyl (C=O) groups is 2. The number of nitrogens with zero attached hydrogens (tertiary/aromatic N) is 2. The van der Waals surface area contributed by atoms with Gasteiger partial charge in [-0.25, -0.2) is 4.39 Å². The van der Waals surface area contributed by atoms with E-state index in [-0.39, 0.29) is 23.7 Å². The number of hydrogen-bond acceptors (Lipinski definition) is 5. The van der Waals surface area contributed by atoms with Crippen molar-refractivity contribution in [1.82, 2.24) is 15.1 Å².